The van der Waals surface area contributed by atoms with Crippen LogP contribution in [0.25, 0.3) is 0 Å². The van der Waals surface area contributed by atoms with Crippen molar-refractivity contribution >= 4 is 17.5 Å². The molecule has 0 saturated carbocycles. The first-order chi connectivity index (χ1) is 11.5. The molecule has 0 radical (unpaired) electrons. The molecule has 2 aromatic carbocycles. The number of ketones is 2. The summed E-state index contributed by atoms with van der Waals surface area (Å²) in [6.45, 7) is 2.83. The Kier molecular flexibility index (Phi) is 5.84. The van der Waals surface area contributed by atoms with Gasteiger partial charge in [0.15, 0.2) is 11.6 Å². The fourth-order valence-electron chi connectivity index (χ4n) is 2.06. The van der Waals surface area contributed by atoms with E-state index in [1.54, 1.807) is 12.1 Å². The topological polar surface area (TPSA) is 69.7 Å². The molecular weight excluding hydrogens is 308 g/mol. The lowest BCUT2D eigenvalue weighted by Gasteiger charge is -2.12. The lowest BCUT2D eigenvalue weighted by Crippen LogP contribution is -2.31. The number of ether oxygens (including phenoxy) is 2. The molecule has 0 aromatic heterocycles. The number of rotatable bonds is 7. The number of benzene rings is 2. The van der Waals surface area contributed by atoms with Crippen molar-refractivity contribution in [1.29, 1.82) is 0 Å². The van der Waals surface area contributed by atoms with Crippen molar-refractivity contribution in [3.05, 3.63) is 65.7 Å². The lowest BCUT2D eigenvalue weighted by atomic mass is 10.1. The van der Waals surface area contributed by atoms with Gasteiger partial charge in [-0.2, -0.15) is 0 Å². The molecule has 2 rings (SSSR count). The zero-order valence-electron chi connectivity index (χ0n) is 13.5. The molecule has 0 saturated heterocycles. The van der Waals surface area contributed by atoms with Crippen LogP contribution in [0, 0.1) is 0 Å². The summed E-state index contributed by atoms with van der Waals surface area (Å²) in [7, 11) is 0. The molecule has 0 atom stereocenters. The van der Waals surface area contributed by atoms with Crippen LogP contribution in [0.3, 0.4) is 0 Å². The number of hydrogen-bond donors (Lipinski definition) is 0. The second kappa shape index (κ2) is 8.06. The van der Waals surface area contributed by atoms with Crippen LogP contribution in [0.15, 0.2) is 54.6 Å². The summed E-state index contributed by atoms with van der Waals surface area (Å²) in [5.41, 5.74) is 1.28. The minimum Gasteiger partial charge on any atom is -0.489 e. The molecule has 0 aliphatic rings. The van der Waals surface area contributed by atoms with Gasteiger partial charge in [-0.05, 0) is 43.7 Å². The van der Waals surface area contributed by atoms with Crippen LogP contribution >= 0.6 is 0 Å². The van der Waals surface area contributed by atoms with E-state index < -0.39 is 23.6 Å². The molecule has 0 spiro atoms. The summed E-state index contributed by atoms with van der Waals surface area (Å²) in [5, 5.41) is 0. The third kappa shape index (κ3) is 4.78. The Hall–Kier alpha value is -2.95. The van der Waals surface area contributed by atoms with E-state index in [9.17, 15) is 14.4 Å². The highest BCUT2D eigenvalue weighted by atomic mass is 16.5. The molecule has 0 unspecified atom stereocenters. The van der Waals surface area contributed by atoms with E-state index >= 15 is 0 Å². The molecule has 2 aromatic rings. The molecule has 0 aliphatic heterocycles. The van der Waals surface area contributed by atoms with E-state index in [1.807, 2.05) is 30.3 Å². The van der Waals surface area contributed by atoms with Crippen molar-refractivity contribution in [2.75, 3.05) is 0 Å². The maximum atomic E-state index is 12.0. The van der Waals surface area contributed by atoms with Crippen molar-refractivity contribution in [2.45, 2.75) is 26.6 Å². The van der Waals surface area contributed by atoms with Gasteiger partial charge in [0.25, 0.3) is 0 Å². The van der Waals surface area contributed by atoms with Gasteiger partial charge in [0.05, 0.1) is 5.56 Å². The van der Waals surface area contributed by atoms with E-state index in [-0.39, 0.29) is 5.56 Å². The molecule has 0 bridgehead atoms. The standard InChI is InChI=1S/C19H18O5/c1-13(20)18(14(2)21)24-19(22)16-8-10-17(11-9-16)23-12-15-6-4-3-5-7-15/h3-11,18H,12H2,1-2H3. The fraction of sp³-hybridized carbons (Fsp3) is 0.211. The molecule has 24 heavy (non-hydrogen) atoms. The highest BCUT2D eigenvalue weighted by Crippen LogP contribution is 2.15. The lowest BCUT2D eigenvalue weighted by molar-refractivity contribution is -0.136. The van der Waals surface area contributed by atoms with Crippen LogP contribution in [0.1, 0.15) is 29.8 Å². The number of hydrogen-bond acceptors (Lipinski definition) is 5. The summed E-state index contributed by atoms with van der Waals surface area (Å²) in [4.78, 5) is 34.6. The molecule has 5 heteroatoms. The second-order valence-corrected chi connectivity index (χ2v) is 5.31. The van der Waals surface area contributed by atoms with Crippen molar-refractivity contribution in [1.82, 2.24) is 0 Å². The summed E-state index contributed by atoms with van der Waals surface area (Å²) >= 11 is 0. The minimum atomic E-state index is -1.36. The highest BCUT2D eigenvalue weighted by Gasteiger charge is 2.24. The van der Waals surface area contributed by atoms with Crippen LogP contribution in [0.5, 0.6) is 5.75 Å². The number of carbonyl (C=O) groups is 3. The maximum absolute atomic E-state index is 12.0. The third-order valence-corrected chi connectivity index (χ3v) is 3.30. The van der Waals surface area contributed by atoms with Crippen LogP contribution in [-0.2, 0) is 20.9 Å². The molecule has 0 amide bonds. The number of carbonyl (C=O) groups excluding carboxylic acids is 3. The van der Waals surface area contributed by atoms with Crippen molar-refractivity contribution in [3.8, 4) is 5.75 Å². The third-order valence-electron chi connectivity index (χ3n) is 3.30. The Bertz CT molecular complexity index is 705. The number of Topliss-reactive ketones (excluding diaryl/α,β-unsaturated/α-hetero) is 2. The highest BCUT2D eigenvalue weighted by molar-refractivity contribution is 6.05. The first-order valence-corrected chi connectivity index (χ1v) is 7.46. The SMILES string of the molecule is CC(=O)C(OC(=O)c1ccc(OCc2ccccc2)cc1)C(C)=O. The van der Waals surface area contributed by atoms with Crippen LogP contribution < -0.4 is 4.74 Å². The predicted molar refractivity (Wildman–Crippen MR) is 87.8 cm³/mol. The Labute approximate surface area is 140 Å². The van der Waals surface area contributed by atoms with E-state index in [0.29, 0.717) is 12.4 Å². The van der Waals surface area contributed by atoms with Gasteiger partial charge in [-0.3, -0.25) is 9.59 Å². The van der Waals surface area contributed by atoms with Gasteiger partial charge in [0.2, 0.25) is 6.10 Å². The summed E-state index contributed by atoms with van der Waals surface area (Å²) < 4.78 is 10.6. The van der Waals surface area contributed by atoms with E-state index in [2.05, 4.69) is 0 Å². The molecule has 0 fully saturated rings. The minimum absolute atomic E-state index is 0.245. The van der Waals surface area contributed by atoms with Gasteiger partial charge < -0.3 is 9.47 Å². The van der Waals surface area contributed by atoms with E-state index in [0.717, 1.165) is 5.56 Å². The van der Waals surface area contributed by atoms with Gasteiger partial charge in [0, 0.05) is 0 Å². The van der Waals surface area contributed by atoms with Gasteiger partial charge in [-0.1, -0.05) is 30.3 Å². The summed E-state index contributed by atoms with van der Waals surface area (Å²) in [5.74, 6) is -1.12. The van der Waals surface area contributed by atoms with Gasteiger partial charge in [-0.15, -0.1) is 0 Å². The average molecular weight is 326 g/mol. The predicted octanol–water partition coefficient (Wildman–Crippen LogP) is 2.97. The quantitative estimate of drug-likeness (QED) is 0.578. The largest absolute Gasteiger partial charge is 0.489 e. The van der Waals surface area contributed by atoms with E-state index in [4.69, 9.17) is 9.47 Å². The Balaban J connectivity index is 1.97. The van der Waals surface area contributed by atoms with Crippen molar-refractivity contribution in [2.24, 2.45) is 0 Å². The maximum Gasteiger partial charge on any atom is 0.339 e. The van der Waals surface area contributed by atoms with Crippen molar-refractivity contribution < 1.29 is 23.9 Å². The molecule has 124 valence electrons. The fourth-order valence-corrected chi connectivity index (χ4v) is 2.06. The Morgan fingerprint density at radius 3 is 2.00 bits per heavy atom. The van der Waals surface area contributed by atoms with Gasteiger partial charge >= 0.3 is 5.97 Å². The summed E-state index contributed by atoms with van der Waals surface area (Å²) in [6, 6.07) is 16.0. The second-order valence-electron chi connectivity index (χ2n) is 5.31. The molecule has 0 aliphatic carbocycles. The van der Waals surface area contributed by atoms with Crippen LogP contribution in [0.2, 0.25) is 0 Å². The molecule has 0 heterocycles. The Morgan fingerprint density at radius 1 is 0.875 bits per heavy atom. The van der Waals surface area contributed by atoms with Crippen LogP contribution in [0.4, 0.5) is 0 Å². The zero-order valence-corrected chi connectivity index (χ0v) is 13.5. The van der Waals surface area contributed by atoms with Crippen molar-refractivity contribution in [3.63, 3.8) is 0 Å². The van der Waals surface area contributed by atoms with E-state index in [1.165, 1.54) is 26.0 Å². The summed E-state index contributed by atoms with van der Waals surface area (Å²) in [6.07, 6.45) is -1.36. The normalized spacial score (nSPS) is 10.3. The molecular formula is C19H18O5. The van der Waals surface area contributed by atoms with Gasteiger partial charge in [0.1, 0.15) is 12.4 Å². The average Bonchev–Trinajstić information content (AvgIpc) is 2.58. The monoisotopic (exact) mass is 326 g/mol. The number of esters is 1. The smallest absolute Gasteiger partial charge is 0.339 e. The first kappa shape index (κ1) is 17.4. The first-order valence-electron chi connectivity index (χ1n) is 7.46. The molecule has 5 nitrogen and oxygen atoms in total. The Morgan fingerprint density at radius 2 is 1.46 bits per heavy atom. The molecule has 0 N–H and O–H groups in total. The van der Waals surface area contributed by atoms with Crippen LogP contribution in [-0.4, -0.2) is 23.6 Å². The zero-order chi connectivity index (χ0) is 17.5. The van der Waals surface area contributed by atoms with Gasteiger partial charge in [-0.25, -0.2) is 4.79 Å².